The Hall–Kier alpha value is -1.88. The van der Waals surface area contributed by atoms with Gasteiger partial charge in [0.1, 0.15) is 5.76 Å². The van der Waals surface area contributed by atoms with E-state index in [-0.39, 0.29) is 19.0 Å². The van der Waals surface area contributed by atoms with E-state index in [1.54, 1.807) is 26.0 Å². The molecule has 0 aliphatic rings. The van der Waals surface area contributed by atoms with Gasteiger partial charge in [-0.25, -0.2) is 9.36 Å². The highest BCUT2D eigenvalue weighted by atomic mass is 31.2. The molecule has 0 aliphatic carbocycles. The molecule has 1 aromatic rings. The topological polar surface area (TPSA) is 71.1 Å². The number of ether oxygens (including phenoxy) is 1. The number of carbonyl (C=O) groups excluding carboxylic acids is 1. The number of allylic oxidation sites excluding steroid dienone is 2. The first-order valence-electron chi connectivity index (χ1n) is 8.73. The molecule has 0 heterocycles. The molecule has 1 rings (SSSR count). The Morgan fingerprint density at radius 2 is 1.73 bits per heavy atom. The third-order valence-electron chi connectivity index (χ3n) is 3.07. The molecular weight excluding hydrogens is 355 g/mol. The smallest absolute Gasteiger partial charge is 0.463 e. The van der Waals surface area contributed by atoms with E-state index in [0.717, 1.165) is 12.8 Å². The SMILES string of the molecule is CCCCOC(=O)/C=C/C=C(\OP(=O)(OCC)OCC)c1ccccc1. The summed E-state index contributed by atoms with van der Waals surface area (Å²) in [5.74, 6) is -0.173. The molecular formula is C19H27O6P. The van der Waals surface area contributed by atoms with Crippen LogP contribution in [0.3, 0.4) is 0 Å². The van der Waals surface area contributed by atoms with Crippen molar-refractivity contribution in [1.82, 2.24) is 0 Å². The van der Waals surface area contributed by atoms with Crippen LogP contribution in [0.4, 0.5) is 0 Å². The molecule has 0 N–H and O–H groups in total. The highest BCUT2D eigenvalue weighted by molar-refractivity contribution is 7.48. The van der Waals surface area contributed by atoms with Crippen molar-refractivity contribution >= 4 is 19.6 Å². The van der Waals surface area contributed by atoms with Crippen LogP contribution in [0, 0.1) is 0 Å². The summed E-state index contributed by atoms with van der Waals surface area (Å²) in [7, 11) is -3.74. The maximum atomic E-state index is 12.6. The monoisotopic (exact) mass is 382 g/mol. The summed E-state index contributed by atoms with van der Waals surface area (Å²) in [6.07, 6.45) is 6.07. The molecule has 0 saturated heterocycles. The van der Waals surface area contributed by atoms with Crippen LogP contribution in [0.5, 0.6) is 0 Å². The minimum atomic E-state index is -3.74. The second-order valence-electron chi connectivity index (χ2n) is 5.15. The molecule has 0 saturated carbocycles. The predicted octanol–water partition coefficient (Wildman–Crippen LogP) is 5.12. The Morgan fingerprint density at radius 3 is 2.31 bits per heavy atom. The number of hydrogen-bond donors (Lipinski definition) is 0. The second kappa shape index (κ2) is 12.5. The van der Waals surface area contributed by atoms with Gasteiger partial charge in [0.15, 0.2) is 0 Å². The molecule has 0 fully saturated rings. The van der Waals surface area contributed by atoms with E-state index in [9.17, 15) is 9.36 Å². The van der Waals surface area contributed by atoms with E-state index in [0.29, 0.717) is 12.2 Å². The lowest BCUT2D eigenvalue weighted by molar-refractivity contribution is -0.137. The number of rotatable bonds is 12. The standard InChI is InChI=1S/C19H27O6P/c1-4-7-16-22-19(20)15-11-14-18(17-12-9-8-10-13-17)25-26(21,23-5-2)24-6-3/h8-15H,4-7,16H2,1-3H3/b15-11+,18-14-. The number of carbonyl (C=O) groups is 1. The van der Waals surface area contributed by atoms with Gasteiger partial charge in [0, 0.05) is 11.6 Å². The fourth-order valence-electron chi connectivity index (χ4n) is 1.89. The average molecular weight is 382 g/mol. The van der Waals surface area contributed by atoms with Gasteiger partial charge in [-0.15, -0.1) is 0 Å². The molecule has 0 amide bonds. The summed E-state index contributed by atoms with van der Waals surface area (Å²) in [6.45, 7) is 6.17. The van der Waals surface area contributed by atoms with Crippen LogP contribution in [-0.2, 0) is 27.7 Å². The third kappa shape index (κ3) is 8.48. The van der Waals surface area contributed by atoms with Gasteiger partial charge in [-0.2, -0.15) is 0 Å². The van der Waals surface area contributed by atoms with Gasteiger partial charge < -0.3 is 9.26 Å². The first kappa shape index (κ1) is 22.2. The Kier molecular flexibility index (Phi) is 10.6. The van der Waals surface area contributed by atoms with Crippen LogP contribution in [0.2, 0.25) is 0 Å². The fraction of sp³-hybridized carbons (Fsp3) is 0.421. The molecule has 0 bridgehead atoms. The largest absolute Gasteiger partial charge is 0.530 e. The Bertz CT molecular complexity index is 629. The van der Waals surface area contributed by atoms with E-state index in [4.69, 9.17) is 18.3 Å². The van der Waals surface area contributed by atoms with Crippen molar-refractivity contribution in [2.45, 2.75) is 33.6 Å². The van der Waals surface area contributed by atoms with E-state index in [1.807, 2.05) is 25.1 Å². The van der Waals surface area contributed by atoms with E-state index >= 15 is 0 Å². The summed E-state index contributed by atoms with van der Waals surface area (Å²) in [5.41, 5.74) is 0.677. The Morgan fingerprint density at radius 1 is 1.08 bits per heavy atom. The molecule has 0 atom stereocenters. The van der Waals surface area contributed by atoms with Crippen LogP contribution >= 0.6 is 7.82 Å². The van der Waals surface area contributed by atoms with Crippen LogP contribution in [0.1, 0.15) is 39.2 Å². The van der Waals surface area contributed by atoms with Crippen molar-refractivity contribution in [3.63, 3.8) is 0 Å². The van der Waals surface area contributed by atoms with Gasteiger partial charge in [0.05, 0.1) is 19.8 Å². The molecule has 0 spiro atoms. The number of phosphoric ester groups is 1. The Balaban J connectivity index is 2.95. The molecule has 7 heteroatoms. The normalized spacial score (nSPS) is 12.3. The van der Waals surface area contributed by atoms with E-state index in [1.165, 1.54) is 18.2 Å². The van der Waals surface area contributed by atoms with Gasteiger partial charge in [-0.1, -0.05) is 49.8 Å². The van der Waals surface area contributed by atoms with Crippen molar-refractivity contribution in [3.05, 3.63) is 54.1 Å². The van der Waals surface area contributed by atoms with E-state index < -0.39 is 13.8 Å². The van der Waals surface area contributed by atoms with Crippen LogP contribution in [0.15, 0.2) is 48.6 Å². The minimum Gasteiger partial charge on any atom is -0.463 e. The first-order chi connectivity index (χ1) is 12.5. The minimum absolute atomic E-state index is 0.180. The lowest BCUT2D eigenvalue weighted by atomic mass is 10.2. The summed E-state index contributed by atoms with van der Waals surface area (Å²) >= 11 is 0. The lowest BCUT2D eigenvalue weighted by Crippen LogP contribution is -2.02. The maximum Gasteiger partial charge on any atom is 0.530 e. The molecule has 0 unspecified atom stereocenters. The van der Waals surface area contributed by atoms with E-state index in [2.05, 4.69) is 0 Å². The number of unbranched alkanes of at least 4 members (excludes halogenated alkanes) is 1. The summed E-state index contributed by atoms with van der Waals surface area (Å²) in [4.78, 5) is 11.6. The van der Waals surface area contributed by atoms with Gasteiger partial charge in [-0.3, -0.25) is 9.05 Å². The molecule has 1 aromatic carbocycles. The van der Waals surface area contributed by atoms with Gasteiger partial charge in [-0.05, 0) is 26.3 Å². The zero-order valence-electron chi connectivity index (χ0n) is 15.6. The molecule has 6 nitrogen and oxygen atoms in total. The number of hydrogen-bond acceptors (Lipinski definition) is 6. The van der Waals surface area contributed by atoms with Crippen molar-refractivity contribution in [2.24, 2.45) is 0 Å². The number of phosphoric acid groups is 1. The highest BCUT2D eigenvalue weighted by Crippen LogP contribution is 2.52. The molecule has 0 aromatic heterocycles. The van der Waals surface area contributed by atoms with Crippen molar-refractivity contribution in [2.75, 3.05) is 19.8 Å². The van der Waals surface area contributed by atoms with Crippen LogP contribution in [-0.4, -0.2) is 25.8 Å². The molecule has 0 radical (unpaired) electrons. The zero-order valence-corrected chi connectivity index (χ0v) is 16.4. The van der Waals surface area contributed by atoms with Gasteiger partial charge >= 0.3 is 13.8 Å². The number of benzene rings is 1. The summed E-state index contributed by atoms with van der Waals surface area (Å²) < 4.78 is 33.6. The maximum absolute atomic E-state index is 12.6. The van der Waals surface area contributed by atoms with Crippen molar-refractivity contribution < 1.29 is 27.7 Å². The van der Waals surface area contributed by atoms with Crippen LogP contribution in [0.25, 0.3) is 5.76 Å². The van der Waals surface area contributed by atoms with Crippen molar-refractivity contribution in [3.8, 4) is 0 Å². The average Bonchev–Trinajstić information content (AvgIpc) is 2.62. The van der Waals surface area contributed by atoms with Crippen LogP contribution < -0.4 is 0 Å². The zero-order chi connectivity index (χ0) is 19.3. The molecule has 26 heavy (non-hydrogen) atoms. The lowest BCUT2D eigenvalue weighted by Gasteiger charge is -2.19. The van der Waals surface area contributed by atoms with Gasteiger partial charge in [0.2, 0.25) is 0 Å². The Labute approximate surface area is 155 Å². The first-order valence-corrected chi connectivity index (χ1v) is 10.2. The second-order valence-corrected chi connectivity index (χ2v) is 6.74. The summed E-state index contributed by atoms with van der Waals surface area (Å²) in [5, 5.41) is 0. The highest BCUT2D eigenvalue weighted by Gasteiger charge is 2.28. The third-order valence-corrected chi connectivity index (χ3v) is 4.63. The fourth-order valence-corrected chi connectivity index (χ4v) is 3.11. The predicted molar refractivity (Wildman–Crippen MR) is 101 cm³/mol. The number of esters is 1. The van der Waals surface area contributed by atoms with Gasteiger partial charge in [0.25, 0.3) is 0 Å². The molecule has 144 valence electrons. The van der Waals surface area contributed by atoms with Crippen molar-refractivity contribution in [1.29, 1.82) is 0 Å². The summed E-state index contributed by atoms with van der Waals surface area (Å²) in [6, 6.07) is 9.08. The quantitative estimate of drug-likeness (QED) is 0.125. The molecule has 0 aliphatic heterocycles.